The maximum Gasteiger partial charge on any atom is 0.235 e. The van der Waals surface area contributed by atoms with E-state index in [4.69, 9.17) is 0 Å². The molecule has 22 heavy (non-hydrogen) atoms. The Morgan fingerprint density at radius 2 is 1.55 bits per heavy atom. The Morgan fingerprint density at radius 3 is 2.14 bits per heavy atom. The molecule has 2 atom stereocenters. The molecule has 0 spiro atoms. The molecule has 0 heterocycles. The molecule has 0 N–H and O–H groups in total. The van der Waals surface area contributed by atoms with Crippen LogP contribution in [0.25, 0.3) is 0 Å². The fourth-order valence-corrected chi connectivity index (χ4v) is 3.64. The molecule has 0 aliphatic heterocycles. The van der Waals surface area contributed by atoms with Crippen LogP contribution in [0.5, 0.6) is 0 Å². The van der Waals surface area contributed by atoms with Crippen LogP contribution in [0.3, 0.4) is 0 Å². The smallest absolute Gasteiger partial charge is 0.235 e. The largest absolute Gasteiger partial charge is 0.340 e. The van der Waals surface area contributed by atoms with Crippen molar-refractivity contribution in [1.29, 1.82) is 0 Å². The van der Waals surface area contributed by atoms with Crippen LogP contribution in [0.4, 0.5) is 0 Å². The van der Waals surface area contributed by atoms with Crippen LogP contribution in [-0.4, -0.2) is 23.1 Å². The Balaban J connectivity index is 1.91. The Kier molecular flexibility index (Phi) is 6.08. The first kappa shape index (κ1) is 16.6. The van der Waals surface area contributed by atoms with E-state index in [0.29, 0.717) is 11.8 Å². The Bertz CT molecular complexity index is 585. The molecule has 2 rings (SSSR count). The fourth-order valence-electron chi connectivity index (χ4n) is 2.41. The fraction of sp³-hybridized carbons (Fsp3) is 0.316. The molecule has 0 aliphatic carbocycles. The van der Waals surface area contributed by atoms with E-state index in [2.05, 4.69) is 19.1 Å². The minimum Gasteiger partial charge on any atom is -0.340 e. The average Bonchev–Trinajstić information content (AvgIpc) is 2.55. The van der Waals surface area contributed by atoms with Gasteiger partial charge in [0.2, 0.25) is 5.91 Å². The van der Waals surface area contributed by atoms with Gasteiger partial charge in [0.05, 0.1) is 5.25 Å². The van der Waals surface area contributed by atoms with Crippen LogP contribution in [-0.2, 0) is 11.3 Å². The summed E-state index contributed by atoms with van der Waals surface area (Å²) in [6.07, 6.45) is 0. The van der Waals surface area contributed by atoms with E-state index in [1.807, 2.05) is 67.4 Å². The third-order valence-electron chi connectivity index (χ3n) is 3.66. The van der Waals surface area contributed by atoms with Gasteiger partial charge in [-0.2, -0.15) is 0 Å². The third-order valence-corrected chi connectivity index (χ3v) is 4.95. The van der Waals surface area contributed by atoms with Gasteiger partial charge in [0.1, 0.15) is 0 Å². The van der Waals surface area contributed by atoms with Crippen molar-refractivity contribution in [3.05, 3.63) is 71.8 Å². The predicted octanol–water partition coefficient (Wildman–Crippen LogP) is 4.53. The maximum atomic E-state index is 12.5. The molecule has 116 valence electrons. The Labute approximate surface area is 137 Å². The first-order valence-corrected chi connectivity index (χ1v) is 8.51. The quantitative estimate of drug-likeness (QED) is 0.781. The molecule has 2 aromatic rings. The molecular weight excluding hydrogens is 290 g/mol. The zero-order chi connectivity index (χ0) is 15.9. The lowest BCUT2D eigenvalue weighted by molar-refractivity contribution is -0.129. The van der Waals surface area contributed by atoms with Gasteiger partial charge in [0.25, 0.3) is 0 Å². The molecule has 0 aromatic heterocycles. The summed E-state index contributed by atoms with van der Waals surface area (Å²) in [5.74, 6) is 0.177. The summed E-state index contributed by atoms with van der Waals surface area (Å²) in [5.41, 5.74) is 2.42. The Hall–Kier alpha value is -1.74. The summed E-state index contributed by atoms with van der Waals surface area (Å²) < 4.78 is 0. The summed E-state index contributed by atoms with van der Waals surface area (Å²) in [6.45, 7) is 4.80. The van der Waals surface area contributed by atoms with E-state index in [0.717, 1.165) is 5.56 Å². The van der Waals surface area contributed by atoms with Crippen LogP contribution < -0.4 is 0 Å². The molecule has 2 nitrogen and oxygen atoms in total. The molecule has 2 unspecified atom stereocenters. The van der Waals surface area contributed by atoms with Gasteiger partial charge in [0, 0.05) is 18.8 Å². The summed E-state index contributed by atoms with van der Waals surface area (Å²) in [5, 5.41) is 0.259. The number of thioether (sulfide) groups is 1. The van der Waals surface area contributed by atoms with Crippen LogP contribution in [0.15, 0.2) is 60.7 Å². The van der Waals surface area contributed by atoms with Crippen molar-refractivity contribution >= 4 is 17.7 Å². The van der Waals surface area contributed by atoms with Crippen molar-refractivity contribution in [3.8, 4) is 0 Å². The van der Waals surface area contributed by atoms with Gasteiger partial charge in [-0.3, -0.25) is 4.79 Å². The normalized spacial score (nSPS) is 13.4. The number of rotatable bonds is 6. The summed E-state index contributed by atoms with van der Waals surface area (Å²) in [7, 11) is 1.87. The highest BCUT2D eigenvalue weighted by atomic mass is 32.2. The summed E-state index contributed by atoms with van der Waals surface area (Å²) >= 11 is 1.71. The zero-order valence-electron chi connectivity index (χ0n) is 13.4. The average molecular weight is 313 g/mol. The second-order valence-corrected chi connectivity index (χ2v) is 7.20. The monoisotopic (exact) mass is 313 g/mol. The van der Waals surface area contributed by atoms with Crippen LogP contribution in [0.2, 0.25) is 0 Å². The number of amides is 1. The Morgan fingerprint density at radius 1 is 1.00 bits per heavy atom. The van der Waals surface area contributed by atoms with Gasteiger partial charge in [-0.15, -0.1) is 11.8 Å². The van der Waals surface area contributed by atoms with E-state index in [1.165, 1.54) is 5.56 Å². The van der Waals surface area contributed by atoms with Gasteiger partial charge in [-0.05, 0) is 25.0 Å². The number of benzene rings is 2. The van der Waals surface area contributed by atoms with Crippen molar-refractivity contribution in [2.45, 2.75) is 30.9 Å². The van der Waals surface area contributed by atoms with Gasteiger partial charge in [-0.25, -0.2) is 0 Å². The first-order chi connectivity index (χ1) is 10.6. The lowest BCUT2D eigenvalue weighted by Gasteiger charge is -2.23. The van der Waals surface area contributed by atoms with Crippen molar-refractivity contribution < 1.29 is 4.79 Å². The van der Waals surface area contributed by atoms with Gasteiger partial charge >= 0.3 is 0 Å². The highest BCUT2D eigenvalue weighted by molar-refractivity contribution is 8.00. The molecule has 1 amide bonds. The number of hydrogen-bond acceptors (Lipinski definition) is 2. The van der Waals surface area contributed by atoms with Crippen molar-refractivity contribution in [3.63, 3.8) is 0 Å². The number of carbonyl (C=O) groups excluding carboxylic acids is 1. The van der Waals surface area contributed by atoms with Crippen molar-refractivity contribution in [2.75, 3.05) is 7.05 Å². The third kappa shape index (κ3) is 4.63. The van der Waals surface area contributed by atoms with E-state index in [9.17, 15) is 4.79 Å². The van der Waals surface area contributed by atoms with Gasteiger partial charge in [0.15, 0.2) is 0 Å². The molecule has 0 radical (unpaired) electrons. The summed E-state index contributed by atoms with van der Waals surface area (Å²) in [6, 6.07) is 20.4. The van der Waals surface area contributed by atoms with E-state index in [-0.39, 0.29) is 11.2 Å². The molecular formula is C19H23NOS. The van der Waals surface area contributed by atoms with Crippen LogP contribution in [0, 0.1) is 0 Å². The molecule has 0 saturated heterocycles. The second-order valence-electron chi connectivity index (χ2n) is 5.51. The topological polar surface area (TPSA) is 20.3 Å². The zero-order valence-corrected chi connectivity index (χ0v) is 14.2. The molecule has 3 heteroatoms. The number of nitrogens with zero attached hydrogens (tertiary/aromatic N) is 1. The summed E-state index contributed by atoms with van der Waals surface area (Å²) in [4.78, 5) is 14.3. The van der Waals surface area contributed by atoms with Crippen LogP contribution in [0.1, 0.15) is 30.2 Å². The molecule has 0 bridgehead atoms. The maximum absolute atomic E-state index is 12.5. The first-order valence-electron chi connectivity index (χ1n) is 7.57. The predicted molar refractivity (Wildman–Crippen MR) is 94.8 cm³/mol. The molecule has 0 aliphatic rings. The van der Waals surface area contributed by atoms with E-state index < -0.39 is 0 Å². The van der Waals surface area contributed by atoms with Gasteiger partial charge < -0.3 is 4.90 Å². The minimum atomic E-state index is -0.0519. The van der Waals surface area contributed by atoms with E-state index >= 15 is 0 Å². The molecule has 0 saturated carbocycles. The van der Waals surface area contributed by atoms with Crippen molar-refractivity contribution in [1.82, 2.24) is 4.90 Å². The minimum absolute atomic E-state index is 0.0519. The van der Waals surface area contributed by atoms with E-state index in [1.54, 1.807) is 11.8 Å². The lowest BCUT2D eigenvalue weighted by atomic mass is 10.2. The molecule has 2 aromatic carbocycles. The van der Waals surface area contributed by atoms with Gasteiger partial charge in [-0.1, -0.05) is 60.7 Å². The van der Waals surface area contributed by atoms with Crippen molar-refractivity contribution in [2.24, 2.45) is 0 Å². The highest BCUT2D eigenvalue weighted by Gasteiger charge is 2.21. The second kappa shape index (κ2) is 8.04. The number of hydrogen-bond donors (Lipinski definition) is 0. The molecule has 0 fully saturated rings. The van der Waals surface area contributed by atoms with Crippen LogP contribution >= 0.6 is 11.8 Å². The standard InChI is InChI=1S/C19H23NOS/c1-15(18-12-8-5-9-13-18)22-16(2)19(21)20(3)14-17-10-6-4-7-11-17/h4-13,15-16H,14H2,1-3H3. The number of carbonyl (C=O) groups is 1. The lowest BCUT2D eigenvalue weighted by Crippen LogP contribution is -2.33. The highest BCUT2D eigenvalue weighted by Crippen LogP contribution is 2.32. The SMILES string of the molecule is CC(SC(C)c1ccccc1)C(=O)N(C)Cc1ccccc1.